The van der Waals surface area contributed by atoms with E-state index in [1.807, 2.05) is 0 Å². The summed E-state index contributed by atoms with van der Waals surface area (Å²) >= 11 is 12.5. The monoisotopic (exact) mass is 411 g/mol. The van der Waals surface area contributed by atoms with Crippen LogP contribution in [0.4, 0.5) is 11.4 Å². The van der Waals surface area contributed by atoms with Crippen molar-refractivity contribution in [3.05, 3.63) is 47.5 Å². The average Bonchev–Trinajstić information content (AvgIpc) is 2.70. The second-order valence-electron chi connectivity index (χ2n) is 5.70. The third-order valence-corrected chi connectivity index (χ3v) is 4.53. The van der Waals surface area contributed by atoms with Crippen molar-refractivity contribution >= 4 is 40.5 Å². The molecule has 0 bridgehead atoms. The van der Waals surface area contributed by atoms with Crippen LogP contribution in [0.15, 0.2) is 36.8 Å². The normalized spacial score (nSPS) is 25.0. The molecule has 12 heteroatoms. The fraction of sp³-hybridized carbons (Fsp3) is 0.267. The molecule has 0 aliphatic carbocycles. The van der Waals surface area contributed by atoms with Crippen molar-refractivity contribution in [2.24, 2.45) is 0 Å². The molecule has 2 aliphatic rings. The van der Waals surface area contributed by atoms with Crippen LogP contribution in [0.1, 0.15) is 10.5 Å². The van der Waals surface area contributed by atoms with E-state index < -0.39 is 12.1 Å². The number of nitrogens with zero attached hydrogens (tertiary/aromatic N) is 3. The maximum atomic E-state index is 12.3. The number of anilines is 2. The van der Waals surface area contributed by atoms with Gasteiger partial charge in [0.25, 0.3) is 5.91 Å². The fourth-order valence-electron chi connectivity index (χ4n) is 2.57. The smallest absolute Gasteiger partial charge is 0.275 e. The van der Waals surface area contributed by atoms with E-state index in [4.69, 9.17) is 33.0 Å². The molecule has 1 aromatic carbocycles. The first-order valence-electron chi connectivity index (χ1n) is 8.00. The maximum Gasteiger partial charge on any atom is 0.275 e. The first-order chi connectivity index (χ1) is 13.1. The molecule has 0 radical (unpaired) electrons. The van der Waals surface area contributed by atoms with Crippen LogP contribution in [0.25, 0.3) is 0 Å². The molecule has 2 fully saturated rings. The maximum absolute atomic E-state index is 12.3. The van der Waals surface area contributed by atoms with Crippen molar-refractivity contribution in [1.29, 1.82) is 0 Å². The van der Waals surface area contributed by atoms with Gasteiger partial charge in [0.2, 0.25) is 0 Å². The zero-order valence-electron chi connectivity index (χ0n) is 13.7. The first-order valence-corrected chi connectivity index (χ1v) is 8.82. The second kappa shape index (κ2) is 7.90. The van der Waals surface area contributed by atoms with Crippen LogP contribution < -0.4 is 26.7 Å². The van der Waals surface area contributed by atoms with Gasteiger partial charge in [-0.3, -0.25) is 20.4 Å². The van der Waals surface area contributed by atoms with Gasteiger partial charge in [-0.05, 0) is 12.1 Å². The highest BCUT2D eigenvalue weighted by Gasteiger charge is 2.37. The molecule has 3 heterocycles. The Morgan fingerprint density at radius 2 is 2.26 bits per heavy atom. The number of amides is 1. The quantitative estimate of drug-likeness (QED) is 0.433. The van der Waals surface area contributed by atoms with Gasteiger partial charge in [-0.2, -0.15) is 10.4 Å². The summed E-state index contributed by atoms with van der Waals surface area (Å²) < 4.78 is 0. The largest absolute Gasteiger partial charge is 0.319 e. The van der Waals surface area contributed by atoms with Gasteiger partial charge < -0.3 is 5.32 Å². The molecule has 0 spiro atoms. The highest BCUT2D eigenvalue weighted by Crippen LogP contribution is 2.34. The molecule has 142 valence electrons. The van der Waals surface area contributed by atoms with Crippen LogP contribution in [0.5, 0.6) is 0 Å². The Bertz CT molecular complexity index is 828. The van der Waals surface area contributed by atoms with Gasteiger partial charge in [-0.15, -0.1) is 16.8 Å². The molecule has 3 unspecified atom stereocenters. The summed E-state index contributed by atoms with van der Waals surface area (Å²) in [7, 11) is 0. The summed E-state index contributed by atoms with van der Waals surface area (Å²) in [6.45, 7) is 0.514. The molecular formula is C15H15Cl2N7O3. The van der Waals surface area contributed by atoms with Crippen molar-refractivity contribution < 1.29 is 14.6 Å². The number of aromatic nitrogens is 2. The number of carbonyl (C=O) groups is 1. The molecule has 1 amide bonds. The van der Waals surface area contributed by atoms with E-state index in [9.17, 15) is 4.79 Å². The number of piperazine rings is 1. The number of alkyl halides is 1. The highest BCUT2D eigenvalue weighted by molar-refractivity contribution is 6.36. The lowest BCUT2D eigenvalue weighted by atomic mass is 10.2. The van der Waals surface area contributed by atoms with Crippen LogP contribution in [-0.2, 0) is 9.78 Å². The van der Waals surface area contributed by atoms with Crippen molar-refractivity contribution in [1.82, 2.24) is 26.1 Å². The molecule has 10 nitrogen and oxygen atoms in total. The zero-order chi connectivity index (χ0) is 18.8. The molecular weight excluding hydrogens is 397 g/mol. The summed E-state index contributed by atoms with van der Waals surface area (Å²) in [4.78, 5) is 31.2. The lowest BCUT2D eigenvalue weighted by molar-refractivity contribution is -0.244. The third kappa shape index (κ3) is 3.96. The Morgan fingerprint density at radius 1 is 1.37 bits per heavy atom. The van der Waals surface area contributed by atoms with E-state index in [0.717, 1.165) is 5.23 Å². The SMILES string of the molecule is O=C(Nc1cccc(N2ONC3NC(Cl)CNC3O2)c1Cl)c1cnccn1. The Kier molecular flexibility index (Phi) is 5.36. The topological polar surface area (TPSA) is 113 Å². The predicted molar refractivity (Wildman–Crippen MR) is 97.6 cm³/mol. The van der Waals surface area contributed by atoms with Crippen molar-refractivity contribution in [2.45, 2.75) is 17.9 Å². The van der Waals surface area contributed by atoms with Gasteiger partial charge in [0, 0.05) is 18.9 Å². The number of hydrogen-bond acceptors (Lipinski definition) is 9. The summed E-state index contributed by atoms with van der Waals surface area (Å²) in [5, 5.41) is 10.3. The Balaban J connectivity index is 1.50. The number of fused-ring (bicyclic) bond motifs is 1. The van der Waals surface area contributed by atoms with Crippen LogP contribution >= 0.6 is 23.2 Å². The minimum atomic E-state index is -0.438. The molecule has 2 aromatic rings. The third-order valence-electron chi connectivity index (χ3n) is 3.85. The minimum Gasteiger partial charge on any atom is -0.319 e. The number of hydrogen-bond donors (Lipinski definition) is 4. The van der Waals surface area contributed by atoms with E-state index in [1.54, 1.807) is 18.2 Å². The molecule has 4 rings (SSSR count). The van der Waals surface area contributed by atoms with E-state index in [0.29, 0.717) is 17.9 Å². The Morgan fingerprint density at radius 3 is 3.07 bits per heavy atom. The molecule has 4 N–H and O–H groups in total. The van der Waals surface area contributed by atoms with Crippen LogP contribution in [-0.4, -0.2) is 40.3 Å². The van der Waals surface area contributed by atoms with Crippen LogP contribution in [0, 0.1) is 0 Å². The zero-order valence-corrected chi connectivity index (χ0v) is 15.2. The Labute approximate surface area is 164 Å². The number of carbonyl (C=O) groups excluding carboxylic acids is 1. The van der Waals surface area contributed by atoms with Gasteiger partial charge in [0.1, 0.15) is 17.5 Å². The second-order valence-corrected chi connectivity index (χ2v) is 6.60. The minimum absolute atomic E-state index is 0.169. The van der Waals surface area contributed by atoms with Crippen molar-refractivity contribution in [2.75, 3.05) is 17.1 Å². The van der Waals surface area contributed by atoms with Crippen molar-refractivity contribution in [3.63, 3.8) is 0 Å². The summed E-state index contributed by atoms with van der Waals surface area (Å²) in [5.74, 6) is -0.438. The predicted octanol–water partition coefficient (Wildman–Crippen LogP) is 0.980. The van der Waals surface area contributed by atoms with Gasteiger partial charge in [-0.1, -0.05) is 17.7 Å². The van der Waals surface area contributed by atoms with Crippen LogP contribution in [0.3, 0.4) is 0 Å². The lowest BCUT2D eigenvalue weighted by Crippen LogP contribution is -2.70. The molecule has 2 aliphatic heterocycles. The van der Waals surface area contributed by atoms with E-state index in [1.165, 1.54) is 18.6 Å². The number of nitrogens with one attached hydrogen (secondary N) is 4. The van der Waals surface area contributed by atoms with E-state index in [2.05, 4.69) is 31.4 Å². The molecule has 3 atom stereocenters. The lowest BCUT2D eigenvalue weighted by Gasteiger charge is -2.42. The van der Waals surface area contributed by atoms with Crippen molar-refractivity contribution in [3.8, 4) is 0 Å². The number of hydroxylamine groups is 1. The molecule has 27 heavy (non-hydrogen) atoms. The molecule has 1 aromatic heterocycles. The number of halogens is 2. The summed E-state index contributed by atoms with van der Waals surface area (Å²) in [5.41, 5.74) is 3.48. The number of benzene rings is 1. The summed E-state index contributed by atoms with van der Waals surface area (Å²) in [6, 6.07) is 5.04. The van der Waals surface area contributed by atoms with Crippen LogP contribution in [0.2, 0.25) is 5.02 Å². The highest BCUT2D eigenvalue weighted by atomic mass is 35.5. The fourth-order valence-corrected chi connectivity index (χ4v) is 3.03. The Hall–Kier alpha value is -2.05. The van der Waals surface area contributed by atoms with Gasteiger partial charge in [0.05, 0.1) is 22.4 Å². The summed E-state index contributed by atoms with van der Waals surface area (Å²) in [6.07, 6.45) is 3.51. The molecule has 2 saturated heterocycles. The molecule has 0 saturated carbocycles. The van der Waals surface area contributed by atoms with Gasteiger partial charge in [0.15, 0.2) is 6.23 Å². The van der Waals surface area contributed by atoms with Gasteiger partial charge >= 0.3 is 0 Å². The van der Waals surface area contributed by atoms with E-state index in [-0.39, 0.29) is 22.4 Å². The van der Waals surface area contributed by atoms with Gasteiger partial charge in [-0.25, -0.2) is 9.82 Å². The average molecular weight is 412 g/mol. The number of rotatable bonds is 3. The standard InChI is InChI=1S/C15H15Cl2N7O3/c16-11-7-20-15-13(22-11)23-27-24(26-15)10-3-1-2-8(12(10)17)21-14(25)9-6-18-4-5-19-9/h1-6,11,13,15,20,22-23H,7H2,(H,21,25). The first kappa shape index (κ1) is 18.3. The van der Waals surface area contributed by atoms with E-state index >= 15 is 0 Å².